The molecule has 2 rings (SSSR count). The lowest BCUT2D eigenvalue weighted by molar-refractivity contribution is 0.144. The Morgan fingerprint density at radius 2 is 2.27 bits per heavy atom. The molecule has 0 amide bonds. The Hall–Kier alpha value is -2.04. The van der Waals surface area contributed by atoms with Crippen molar-refractivity contribution in [3.8, 4) is 11.3 Å². The summed E-state index contributed by atoms with van der Waals surface area (Å²) in [6.45, 7) is 2.81. The van der Waals surface area contributed by atoms with Gasteiger partial charge in [-0.2, -0.15) is 0 Å². The van der Waals surface area contributed by atoms with Crippen LogP contribution in [0.15, 0.2) is 24.4 Å². The van der Waals surface area contributed by atoms with Gasteiger partial charge < -0.3 is 10.5 Å². The first kappa shape index (κ1) is 9.51. The Morgan fingerprint density at radius 3 is 3.00 bits per heavy atom. The van der Waals surface area contributed by atoms with Crippen molar-refractivity contribution in [3.05, 3.63) is 29.8 Å². The molecule has 0 aromatic carbocycles. The zero-order valence-electron chi connectivity index (χ0n) is 8.36. The van der Waals surface area contributed by atoms with Crippen LogP contribution in [-0.2, 0) is 0 Å². The van der Waals surface area contributed by atoms with Gasteiger partial charge in [0, 0.05) is 17.8 Å². The maximum atomic E-state index is 9.18. The van der Waals surface area contributed by atoms with Crippen LogP contribution in [0.1, 0.15) is 6.92 Å². The quantitative estimate of drug-likeness (QED) is 0.642. The minimum Gasteiger partial charge on any atom is -0.412 e. The van der Waals surface area contributed by atoms with Crippen molar-refractivity contribution < 1.29 is 5.21 Å². The third kappa shape index (κ3) is 1.63. The molecule has 1 aliphatic carbocycles. The van der Waals surface area contributed by atoms with Gasteiger partial charge in [-0.05, 0) is 25.1 Å². The number of nitrogens with one attached hydrogen (secondary N) is 2. The van der Waals surface area contributed by atoms with Gasteiger partial charge in [0.15, 0.2) is 0 Å². The topological polar surface area (TPSA) is 73.9 Å². The lowest BCUT2D eigenvalue weighted by Gasteiger charge is -2.12. The van der Waals surface area contributed by atoms with Crippen LogP contribution in [0.2, 0.25) is 0 Å². The molecule has 78 valence electrons. The van der Waals surface area contributed by atoms with E-state index in [1.807, 2.05) is 13.0 Å². The molecule has 0 bridgehead atoms. The van der Waals surface area contributed by atoms with Crippen LogP contribution in [0.4, 0.5) is 5.69 Å². The Balaban J connectivity index is 2.69. The average molecular weight is 204 g/mol. The summed E-state index contributed by atoms with van der Waals surface area (Å²) in [7, 11) is 0. The molecular formula is C10H12N4O. The van der Waals surface area contributed by atoms with E-state index in [0.717, 1.165) is 22.6 Å². The first-order valence-electron chi connectivity index (χ1n) is 4.73. The minimum absolute atomic E-state index is 0.301. The van der Waals surface area contributed by atoms with Crippen molar-refractivity contribution in [1.82, 2.24) is 9.94 Å². The van der Waals surface area contributed by atoms with Gasteiger partial charge in [0.05, 0.1) is 11.6 Å². The number of benzene rings is 1. The molecule has 1 heterocycles. The fourth-order valence-electron chi connectivity index (χ4n) is 1.51. The molecule has 5 nitrogen and oxygen atoms in total. The molecule has 5 heteroatoms. The summed E-state index contributed by atoms with van der Waals surface area (Å²) in [5, 5.41) is 24.2. The molecule has 0 radical (unpaired) electrons. The lowest BCUT2D eigenvalue weighted by Crippen LogP contribution is -2.13. The third-order valence-corrected chi connectivity index (χ3v) is 2.16. The standard InChI is InChI=1S/C10H12N4O/c1-2-12-9-4-3-8(11)10-7(9)5-6-14(15)13-10/h3-6,11-12,15H,2H2,1H3. The summed E-state index contributed by atoms with van der Waals surface area (Å²) in [5.74, 6) is 0. The van der Waals surface area contributed by atoms with Crippen molar-refractivity contribution >= 4 is 5.69 Å². The molecule has 0 unspecified atom stereocenters. The highest BCUT2D eigenvalue weighted by Crippen LogP contribution is 2.23. The van der Waals surface area contributed by atoms with E-state index in [9.17, 15) is 5.21 Å². The van der Waals surface area contributed by atoms with E-state index in [4.69, 9.17) is 5.41 Å². The molecule has 0 saturated carbocycles. The van der Waals surface area contributed by atoms with E-state index in [-0.39, 0.29) is 0 Å². The van der Waals surface area contributed by atoms with E-state index in [0.29, 0.717) is 11.1 Å². The Bertz CT molecular complexity index is 505. The molecule has 15 heavy (non-hydrogen) atoms. The lowest BCUT2D eigenvalue weighted by atomic mass is 10.1. The number of rotatable bonds is 2. The van der Waals surface area contributed by atoms with E-state index in [2.05, 4.69) is 10.4 Å². The highest BCUT2D eigenvalue weighted by Gasteiger charge is 2.10. The largest absolute Gasteiger partial charge is 0.412 e. The summed E-state index contributed by atoms with van der Waals surface area (Å²) in [5.41, 5.74) is 2.25. The van der Waals surface area contributed by atoms with Gasteiger partial charge in [0.2, 0.25) is 0 Å². The second kappa shape index (κ2) is 3.61. The molecule has 2 aliphatic rings. The Labute approximate surface area is 86.8 Å². The van der Waals surface area contributed by atoms with Crippen molar-refractivity contribution in [1.29, 1.82) is 5.41 Å². The predicted molar refractivity (Wildman–Crippen MR) is 56.1 cm³/mol. The summed E-state index contributed by atoms with van der Waals surface area (Å²) in [6, 6.07) is 5.24. The summed E-state index contributed by atoms with van der Waals surface area (Å²) >= 11 is 0. The average Bonchev–Trinajstić information content (AvgIpc) is 2.23. The number of aromatic nitrogens is 2. The molecular weight excluding hydrogens is 192 g/mol. The maximum Gasteiger partial charge on any atom is 0.121 e. The fraction of sp³-hybridized carbons (Fsp3) is 0.200. The number of hydrogen-bond donors (Lipinski definition) is 3. The summed E-state index contributed by atoms with van der Waals surface area (Å²) < 4.78 is 0. The van der Waals surface area contributed by atoms with Crippen LogP contribution in [0.5, 0.6) is 0 Å². The van der Waals surface area contributed by atoms with E-state index < -0.39 is 0 Å². The van der Waals surface area contributed by atoms with Crippen molar-refractivity contribution in [2.45, 2.75) is 6.92 Å². The van der Waals surface area contributed by atoms with Crippen molar-refractivity contribution in [3.63, 3.8) is 0 Å². The van der Waals surface area contributed by atoms with Crippen LogP contribution in [0.3, 0.4) is 0 Å². The highest BCUT2D eigenvalue weighted by molar-refractivity contribution is 5.75. The van der Waals surface area contributed by atoms with Crippen LogP contribution in [0, 0.1) is 5.41 Å². The third-order valence-electron chi connectivity index (χ3n) is 2.16. The van der Waals surface area contributed by atoms with Gasteiger partial charge in [-0.25, -0.2) is 0 Å². The zero-order chi connectivity index (χ0) is 10.8. The molecule has 0 fully saturated rings. The van der Waals surface area contributed by atoms with Gasteiger partial charge in [0.25, 0.3) is 0 Å². The SMILES string of the molecule is CCNc1ccc(=N)c2nn(O)ccc1-2. The maximum absolute atomic E-state index is 9.18. The molecule has 1 aliphatic heterocycles. The van der Waals surface area contributed by atoms with Crippen LogP contribution in [-0.4, -0.2) is 21.7 Å². The van der Waals surface area contributed by atoms with Crippen molar-refractivity contribution in [2.24, 2.45) is 0 Å². The second-order valence-corrected chi connectivity index (χ2v) is 3.19. The molecule has 0 spiro atoms. The summed E-state index contributed by atoms with van der Waals surface area (Å²) in [4.78, 5) is 0.718. The van der Waals surface area contributed by atoms with Gasteiger partial charge >= 0.3 is 0 Å². The van der Waals surface area contributed by atoms with E-state index in [1.165, 1.54) is 6.20 Å². The number of hydrogen-bond acceptors (Lipinski definition) is 4. The zero-order valence-corrected chi connectivity index (χ0v) is 8.36. The molecule has 0 atom stereocenters. The minimum atomic E-state index is 0.301. The first-order chi connectivity index (χ1) is 7.22. The van der Waals surface area contributed by atoms with Crippen LogP contribution >= 0.6 is 0 Å². The monoisotopic (exact) mass is 204 g/mol. The highest BCUT2D eigenvalue weighted by atomic mass is 16.5. The molecule has 3 N–H and O–H groups in total. The van der Waals surface area contributed by atoms with Gasteiger partial charge in [-0.3, -0.25) is 5.41 Å². The van der Waals surface area contributed by atoms with E-state index >= 15 is 0 Å². The normalized spacial score (nSPS) is 10.5. The summed E-state index contributed by atoms with van der Waals surface area (Å²) in [6.07, 6.45) is 1.45. The van der Waals surface area contributed by atoms with Crippen LogP contribution < -0.4 is 10.7 Å². The van der Waals surface area contributed by atoms with E-state index in [1.54, 1.807) is 12.1 Å². The first-order valence-corrected chi connectivity index (χ1v) is 4.73. The number of anilines is 1. The number of fused-ring (bicyclic) bond motifs is 1. The molecule has 0 aromatic rings. The second-order valence-electron chi connectivity index (χ2n) is 3.19. The van der Waals surface area contributed by atoms with Gasteiger partial charge in [-0.15, -0.1) is 9.94 Å². The number of nitrogens with zero attached hydrogens (tertiary/aromatic N) is 2. The molecule has 0 saturated heterocycles. The van der Waals surface area contributed by atoms with Gasteiger partial charge in [-0.1, -0.05) is 0 Å². The molecule has 0 aromatic heterocycles. The van der Waals surface area contributed by atoms with Crippen LogP contribution in [0.25, 0.3) is 11.3 Å². The predicted octanol–water partition coefficient (Wildman–Crippen LogP) is 1.14. The van der Waals surface area contributed by atoms with Crippen molar-refractivity contribution in [2.75, 3.05) is 11.9 Å². The Morgan fingerprint density at radius 1 is 1.47 bits per heavy atom. The van der Waals surface area contributed by atoms with Gasteiger partial charge in [0.1, 0.15) is 5.69 Å². The smallest absolute Gasteiger partial charge is 0.121 e. The fourth-order valence-corrected chi connectivity index (χ4v) is 1.51. The Kier molecular flexibility index (Phi) is 2.29.